The van der Waals surface area contributed by atoms with Gasteiger partial charge in [0, 0.05) is 0 Å². The van der Waals surface area contributed by atoms with E-state index in [2.05, 4.69) is 13.8 Å². The van der Waals surface area contributed by atoms with Crippen LogP contribution in [0.1, 0.15) is 187 Å². The number of hydrogen-bond donors (Lipinski definition) is 2. The first-order valence-corrected chi connectivity index (χ1v) is 17.0. The summed E-state index contributed by atoms with van der Waals surface area (Å²) in [7, 11) is -4.66. The molecule has 0 fully saturated rings. The molecule has 4 nitrogen and oxygen atoms in total. The minimum absolute atomic E-state index is 0. The van der Waals surface area contributed by atoms with Crippen molar-refractivity contribution in [1.29, 1.82) is 0 Å². The molecule has 36 heavy (non-hydrogen) atoms. The molecule has 0 heterocycles. The third-order valence-corrected chi connectivity index (χ3v) is 8.85. The molecule has 220 valence electrons. The smallest absolute Gasteiger partial charge is 0.300 e. The van der Waals surface area contributed by atoms with E-state index in [0.29, 0.717) is 12.8 Å². The van der Waals surface area contributed by atoms with Crippen LogP contribution in [0.2, 0.25) is 0 Å². The van der Waals surface area contributed by atoms with E-state index in [1.54, 1.807) is 0 Å². The fourth-order valence-electron chi connectivity index (χ4n) is 5.02. The molecular weight excluding hydrogens is 473 g/mol. The molecule has 4 N–H and O–H groups in total. The van der Waals surface area contributed by atoms with Crippen molar-refractivity contribution in [2.45, 2.75) is 192 Å². The number of hydrogen-bond acceptors (Lipinski definition) is 3. The molecule has 1 unspecified atom stereocenters. The van der Waals surface area contributed by atoms with Gasteiger partial charge in [-0.3, -0.25) is 4.55 Å². The summed E-state index contributed by atoms with van der Waals surface area (Å²) in [5.74, 6) is 0. The predicted molar refractivity (Wildman–Crippen MR) is 156 cm³/mol. The van der Waals surface area contributed by atoms with Crippen LogP contribution in [0.15, 0.2) is 0 Å². The third-order valence-electron chi connectivity index (χ3n) is 7.52. The Kier molecular flexibility index (Phi) is 27.8. The Bertz CT molecular complexity index is 544. The third kappa shape index (κ3) is 23.0. The van der Waals surface area contributed by atoms with Crippen LogP contribution < -0.4 is 6.15 Å². The molecule has 6 heteroatoms. The monoisotopic (exact) mass is 537 g/mol. The number of alkyl halides is 1. The Balaban J connectivity index is 0. The lowest BCUT2D eigenvalue weighted by Gasteiger charge is -2.22. The highest BCUT2D eigenvalue weighted by Crippen LogP contribution is 2.32. The second kappa shape index (κ2) is 26.4. The van der Waals surface area contributed by atoms with E-state index in [4.69, 9.17) is 0 Å². The van der Waals surface area contributed by atoms with E-state index >= 15 is 4.39 Å². The van der Waals surface area contributed by atoms with Crippen molar-refractivity contribution in [3.8, 4) is 0 Å². The van der Waals surface area contributed by atoms with Gasteiger partial charge in [0.05, 0.1) is 0 Å². The molecule has 0 aliphatic carbocycles. The van der Waals surface area contributed by atoms with E-state index in [-0.39, 0.29) is 19.0 Å². The van der Waals surface area contributed by atoms with E-state index in [9.17, 15) is 13.0 Å². The average Bonchev–Trinajstić information content (AvgIpc) is 2.82. The van der Waals surface area contributed by atoms with E-state index < -0.39 is 15.1 Å². The fourth-order valence-corrected chi connectivity index (χ4v) is 5.82. The first-order valence-electron chi connectivity index (χ1n) is 15.5. The van der Waals surface area contributed by atoms with Crippen molar-refractivity contribution in [2.24, 2.45) is 0 Å². The van der Waals surface area contributed by atoms with Crippen LogP contribution >= 0.6 is 0 Å². The van der Waals surface area contributed by atoms with Crippen LogP contribution in [0.25, 0.3) is 0 Å². The minimum atomic E-state index is -4.66. The highest BCUT2D eigenvalue weighted by Gasteiger charge is 2.42. The minimum Gasteiger partial charge on any atom is -0.344 e. The Morgan fingerprint density at radius 1 is 0.472 bits per heavy atom. The molecule has 0 bridgehead atoms. The fraction of sp³-hybridized carbons (Fsp3) is 1.00. The molecule has 0 aliphatic rings. The molecule has 0 spiro atoms. The molecule has 0 rings (SSSR count). The zero-order valence-electron chi connectivity index (χ0n) is 24.3. The van der Waals surface area contributed by atoms with Gasteiger partial charge in [-0.25, -0.2) is 4.39 Å². The van der Waals surface area contributed by atoms with Gasteiger partial charge in [-0.2, -0.15) is 8.42 Å². The van der Waals surface area contributed by atoms with E-state index in [1.807, 2.05) is 0 Å². The summed E-state index contributed by atoms with van der Waals surface area (Å²) >= 11 is 0. The van der Waals surface area contributed by atoms with Crippen molar-refractivity contribution in [2.75, 3.05) is 0 Å². The molecule has 0 aromatic heterocycles. The second-order valence-electron chi connectivity index (χ2n) is 11.0. The van der Waals surface area contributed by atoms with Crippen LogP contribution in [0.5, 0.6) is 0 Å². The maximum absolute atomic E-state index is 15.1. The lowest BCUT2D eigenvalue weighted by Crippen LogP contribution is -2.33. The van der Waals surface area contributed by atoms with Gasteiger partial charge in [0.1, 0.15) is 0 Å². The van der Waals surface area contributed by atoms with Crippen LogP contribution in [0.3, 0.4) is 0 Å². The molecule has 0 saturated carbocycles. The zero-order valence-corrected chi connectivity index (χ0v) is 25.2. The summed E-state index contributed by atoms with van der Waals surface area (Å²) in [6, 6.07) is 0. The Morgan fingerprint density at radius 2 is 0.667 bits per heavy atom. The Labute approximate surface area is 225 Å². The zero-order chi connectivity index (χ0) is 26.1. The molecular formula is C30H64FNO3S. The Hall–Kier alpha value is -0.200. The van der Waals surface area contributed by atoms with Gasteiger partial charge in [-0.05, 0) is 25.7 Å². The highest BCUT2D eigenvalue weighted by atomic mass is 32.2. The van der Waals surface area contributed by atoms with Crippen LogP contribution in [-0.2, 0) is 10.1 Å². The van der Waals surface area contributed by atoms with E-state index in [1.165, 1.54) is 109 Å². The summed E-state index contributed by atoms with van der Waals surface area (Å²) in [6.07, 6.45) is 29.4. The Morgan fingerprint density at radius 3 is 0.861 bits per heavy atom. The summed E-state index contributed by atoms with van der Waals surface area (Å²) < 4.78 is 47.9. The van der Waals surface area contributed by atoms with Crippen LogP contribution in [-0.4, -0.2) is 18.0 Å². The average molecular weight is 538 g/mol. The largest absolute Gasteiger partial charge is 0.344 e. The highest BCUT2D eigenvalue weighted by molar-refractivity contribution is 7.87. The normalized spacial score (nSPS) is 13.4. The van der Waals surface area contributed by atoms with Gasteiger partial charge in [0.2, 0.25) is 5.00 Å². The summed E-state index contributed by atoms with van der Waals surface area (Å²) in [5.41, 5.74) is 0. The number of halogens is 1. The van der Waals surface area contributed by atoms with Gasteiger partial charge in [0.15, 0.2) is 0 Å². The predicted octanol–water partition coefficient (Wildman–Crippen LogP) is 11.3. The van der Waals surface area contributed by atoms with Crippen molar-refractivity contribution in [3.05, 3.63) is 0 Å². The van der Waals surface area contributed by atoms with Crippen molar-refractivity contribution >= 4 is 10.1 Å². The summed E-state index contributed by atoms with van der Waals surface area (Å²) in [6.45, 7) is 4.47. The van der Waals surface area contributed by atoms with Gasteiger partial charge < -0.3 is 6.15 Å². The van der Waals surface area contributed by atoms with Gasteiger partial charge in [-0.1, -0.05) is 162 Å². The maximum atomic E-state index is 15.1. The SMILES string of the molecule is CCCCCCCCCCCCCCCCCCC(F)(CCCCCCCCCCC)S(=O)(=O)O.N. The van der Waals surface area contributed by atoms with Gasteiger partial charge in [0.25, 0.3) is 10.1 Å². The molecule has 0 aromatic carbocycles. The number of unbranched alkanes of at least 4 members (excludes halogenated alkanes) is 23. The van der Waals surface area contributed by atoms with Crippen molar-refractivity contribution in [1.82, 2.24) is 6.15 Å². The van der Waals surface area contributed by atoms with Crippen LogP contribution in [0.4, 0.5) is 4.39 Å². The van der Waals surface area contributed by atoms with Crippen LogP contribution in [0, 0.1) is 0 Å². The molecule has 0 radical (unpaired) electrons. The molecule has 0 aliphatic heterocycles. The molecule has 0 aromatic rings. The topological polar surface area (TPSA) is 89.4 Å². The van der Waals surface area contributed by atoms with Gasteiger partial charge >= 0.3 is 0 Å². The second-order valence-corrected chi connectivity index (χ2v) is 12.7. The maximum Gasteiger partial charge on any atom is 0.300 e. The van der Waals surface area contributed by atoms with E-state index in [0.717, 1.165) is 38.5 Å². The first-order chi connectivity index (χ1) is 16.9. The summed E-state index contributed by atoms with van der Waals surface area (Å²) in [4.78, 5) is 0. The number of rotatable bonds is 28. The quantitative estimate of drug-likeness (QED) is 0.0767. The lowest BCUT2D eigenvalue weighted by molar-refractivity contribution is 0.203. The summed E-state index contributed by atoms with van der Waals surface area (Å²) in [5, 5.41) is -2.45. The van der Waals surface area contributed by atoms with Gasteiger partial charge in [-0.15, -0.1) is 0 Å². The van der Waals surface area contributed by atoms with Crippen molar-refractivity contribution in [3.63, 3.8) is 0 Å². The molecule has 0 saturated heterocycles. The standard InChI is InChI=1S/C30H61FO3S.H3N/c1-3-5-7-9-11-13-14-15-16-17-18-19-21-23-25-27-29-30(31,35(32,33)34)28-26-24-22-20-12-10-8-6-4-2;/h3-29H2,1-2H3,(H,32,33,34);1H3. The molecule has 1 atom stereocenters. The lowest BCUT2D eigenvalue weighted by atomic mass is 10.0. The molecule has 0 amide bonds. The van der Waals surface area contributed by atoms with Crippen molar-refractivity contribution < 1.29 is 17.4 Å². The first kappa shape index (κ1) is 37.9.